The first-order chi connectivity index (χ1) is 10.1. The zero-order valence-electron chi connectivity index (χ0n) is 12.8. The van der Waals surface area contributed by atoms with E-state index in [1.807, 2.05) is 0 Å². The second-order valence-electron chi connectivity index (χ2n) is 5.45. The fraction of sp³-hybridized carbons (Fsp3) is 0.812. The van der Waals surface area contributed by atoms with Crippen molar-refractivity contribution in [3.05, 3.63) is 12.2 Å². The second-order valence-corrected chi connectivity index (χ2v) is 5.45. The lowest BCUT2D eigenvalue weighted by Gasteiger charge is -2.13. The zero-order chi connectivity index (χ0) is 15.9. The van der Waals surface area contributed by atoms with Gasteiger partial charge in [-0.05, 0) is 18.9 Å². The number of hydrogen-bond donors (Lipinski definition) is 4. The minimum absolute atomic E-state index is 0.288. The number of aliphatic hydroxyl groups excluding tert-OH is 3. The summed E-state index contributed by atoms with van der Waals surface area (Å²) in [6, 6.07) is 0. The molecule has 124 valence electrons. The minimum atomic E-state index is -1.12. The molecule has 0 saturated carbocycles. The van der Waals surface area contributed by atoms with Gasteiger partial charge in [0.2, 0.25) is 0 Å². The summed E-state index contributed by atoms with van der Waals surface area (Å²) in [5.41, 5.74) is 0. The number of rotatable bonds is 14. The fourth-order valence-electron chi connectivity index (χ4n) is 2.18. The highest BCUT2D eigenvalue weighted by Crippen LogP contribution is 2.12. The number of aliphatic carboxylic acids is 1. The van der Waals surface area contributed by atoms with E-state index < -0.39 is 18.2 Å². The summed E-state index contributed by atoms with van der Waals surface area (Å²) in [7, 11) is 0. The molecular weight excluding hydrogens is 272 g/mol. The van der Waals surface area contributed by atoms with E-state index in [2.05, 4.69) is 0 Å². The number of carbonyl (C=O) groups is 1. The molecule has 4 N–H and O–H groups in total. The summed E-state index contributed by atoms with van der Waals surface area (Å²) in [5.74, 6) is -1.12. The maximum Gasteiger partial charge on any atom is 0.328 e. The Balaban J connectivity index is 3.39. The van der Waals surface area contributed by atoms with Crippen molar-refractivity contribution in [3.63, 3.8) is 0 Å². The average Bonchev–Trinajstić information content (AvgIpc) is 2.46. The average molecular weight is 302 g/mol. The van der Waals surface area contributed by atoms with Crippen LogP contribution in [0.25, 0.3) is 0 Å². The normalized spacial score (nSPS) is 14.4. The molecule has 0 bridgehead atoms. The molecule has 0 heterocycles. The third-order valence-corrected chi connectivity index (χ3v) is 3.49. The third-order valence-electron chi connectivity index (χ3n) is 3.49. The molecule has 2 unspecified atom stereocenters. The van der Waals surface area contributed by atoms with Crippen LogP contribution in [0.2, 0.25) is 0 Å². The summed E-state index contributed by atoms with van der Waals surface area (Å²) in [6.45, 7) is 0.288. The van der Waals surface area contributed by atoms with Crippen molar-refractivity contribution in [2.24, 2.45) is 0 Å². The van der Waals surface area contributed by atoms with Crippen LogP contribution in [-0.4, -0.2) is 45.2 Å². The fourth-order valence-corrected chi connectivity index (χ4v) is 2.18. The van der Waals surface area contributed by atoms with E-state index in [-0.39, 0.29) is 6.61 Å². The Bertz CT molecular complexity index is 278. The van der Waals surface area contributed by atoms with Crippen LogP contribution in [-0.2, 0) is 4.79 Å². The molecule has 21 heavy (non-hydrogen) atoms. The maximum atomic E-state index is 10.3. The number of hydrogen-bond acceptors (Lipinski definition) is 4. The second kappa shape index (κ2) is 14.0. The van der Waals surface area contributed by atoms with Crippen LogP contribution in [0, 0.1) is 0 Å². The molecule has 0 aliphatic carbocycles. The van der Waals surface area contributed by atoms with Gasteiger partial charge in [0, 0.05) is 12.7 Å². The van der Waals surface area contributed by atoms with E-state index in [4.69, 9.17) is 10.2 Å². The lowest BCUT2D eigenvalue weighted by atomic mass is 10.0. The molecule has 0 aliphatic heterocycles. The predicted octanol–water partition coefficient (Wildman–Crippen LogP) is 2.24. The molecule has 0 amide bonds. The number of unbranched alkanes of at least 4 members (excludes halogenated alkanes) is 8. The molecule has 0 aromatic carbocycles. The molecule has 0 aliphatic rings. The highest BCUT2D eigenvalue weighted by molar-refractivity contribution is 5.79. The van der Waals surface area contributed by atoms with Crippen LogP contribution in [0.4, 0.5) is 0 Å². The quantitative estimate of drug-likeness (QED) is 0.291. The van der Waals surface area contributed by atoms with Gasteiger partial charge in [-0.1, -0.05) is 51.4 Å². The Hall–Kier alpha value is -0.910. The van der Waals surface area contributed by atoms with Crippen LogP contribution < -0.4 is 0 Å². The van der Waals surface area contributed by atoms with Gasteiger partial charge in [-0.3, -0.25) is 0 Å². The molecule has 5 heteroatoms. The molecule has 0 aromatic rings. The van der Waals surface area contributed by atoms with E-state index in [0.29, 0.717) is 6.42 Å². The van der Waals surface area contributed by atoms with Crippen LogP contribution in [0.15, 0.2) is 12.2 Å². The Labute approximate surface area is 127 Å². The first-order valence-electron chi connectivity index (χ1n) is 7.96. The molecular formula is C16H30O5. The molecule has 0 saturated heterocycles. The molecule has 0 aromatic heterocycles. The van der Waals surface area contributed by atoms with Crippen molar-refractivity contribution in [1.82, 2.24) is 0 Å². The van der Waals surface area contributed by atoms with Gasteiger partial charge >= 0.3 is 5.97 Å². The van der Waals surface area contributed by atoms with E-state index >= 15 is 0 Å². The Morgan fingerprint density at radius 2 is 1.33 bits per heavy atom. The lowest BCUT2D eigenvalue weighted by Crippen LogP contribution is -2.23. The summed E-state index contributed by atoms with van der Waals surface area (Å²) in [5, 5.41) is 36.2. The van der Waals surface area contributed by atoms with E-state index in [0.717, 1.165) is 44.3 Å². The first-order valence-corrected chi connectivity index (χ1v) is 7.96. The molecule has 2 atom stereocenters. The molecule has 0 rings (SSSR count). The van der Waals surface area contributed by atoms with Gasteiger partial charge in [0.15, 0.2) is 0 Å². The highest BCUT2D eigenvalue weighted by Gasteiger charge is 2.12. The van der Waals surface area contributed by atoms with Crippen LogP contribution in [0.3, 0.4) is 0 Å². The molecule has 5 nitrogen and oxygen atoms in total. The summed E-state index contributed by atoms with van der Waals surface area (Å²) >= 11 is 0. The van der Waals surface area contributed by atoms with Gasteiger partial charge < -0.3 is 20.4 Å². The smallest absolute Gasteiger partial charge is 0.328 e. The van der Waals surface area contributed by atoms with Crippen molar-refractivity contribution >= 4 is 5.97 Å². The van der Waals surface area contributed by atoms with Crippen LogP contribution in [0.5, 0.6) is 0 Å². The summed E-state index contributed by atoms with van der Waals surface area (Å²) < 4.78 is 0. The molecule has 0 radical (unpaired) electrons. The van der Waals surface area contributed by atoms with Gasteiger partial charge in [-0.25, -0.2) is 4.79 Å². The van der Waals surface area contributed by atoms with E-state index in [9.17, 15) is 15.0 Å². The van der Waals surface area contributed by atoms with E-state index in [1.54, 1.807) is 0 Å². The number of aliphatic hydroxyl groups is 3. The van der Waals surface area contributed by atoms with E-state index in [1.165, 1.54) is 25.7 Å². The van der Waals surface area contributed by atoms with Gasteiger partial charge in [0.1, 0.15) is 0 Å². The Morgan fingerprint density at radius 1 is 0.857 bits per heavy atom. The van der Waals surface area contributed by atoms with Crippen LogP contribution >= 0.6 is 0 Å². The molecule has 0 fully saturated rings. The standard InChI is InChI=1S/C16H30O5/c17-13-9-7-5-3-1-2-4-6-8-10-14(18)15(19)11-12-16(20)21/h11-12,14-15,17-19H,1-10,13H2,(H,20,21). The minimum Gasteiger partial charge on any atom is -0.478 e. The number of carboxylic acids is 1. The van der Waals surface area contributed by atoms with Crippen molar-refractivity contribution in [3.8, 4) is 0 Å². The first kappa shape index (κ1) is 20.1. The lowest BCUT2D eigenvalue weighted by molar-refractivity contribution is -0.131. The summed E-state index contributed by atoms with van der Waals surface area (Å²) in [4.78, 5) is 10.3. The molecule has 0 spiro atoms. The predicted molar refractivity (Wildman–Crippen MR) is 82.0 cm³/mol. The number of carboxylic acid groups (broad SMARTS) is 1. The highest BCUT2D eigenvalue weighted by atomic mass is 16.4. The summed E-state index contributed by atoms with van der Waals surface area (Å²) in [6.07, 6.45) is 10.2. The largest absolute Gasteiger partial charge is 0.478 e. The van der Waals surface area contributed by atoms with Gasteiger partial charge in [0.25, 0.3) is 0 Å². The van der Waals surface area contributed by atoms with Crippen LogP contribution in [0.1, 0.15) is 64.2 Å². The van der Waals surface area contributed by atoms with Crippen molar-refractivity contribution in [2.45, 2.75) is 76.4 Å². The maximum absolute atomic E-state index is 10.3. The van der Waals surface area contributed by atoms with Crippen molar-refractivity contribution in [1.29, 1.82) is 0 Å². The van der Waals surface area contributed by atoms with Gasteiger partial charge in [-0.2, -0.15) is 0 Å². The van der Waals surface area contributed by atoms with Crippen molar-refractivity contribution < 1.29 is 25.2 Å². The Morgan fingerprint density at radius 3 is 1.81 bits per heavy atom. The Kier molecular flexibility index (Phi) is 13.4. The van der Waals surface area contributed by atoms with Gasteiger partial charge in [0.05, 0.1) is 12.2 Å². The monoisotopic (exact) mass is 302 g/mol. The zero-order valence-corrected chi connectivity index (χ0v) is 12.8. The topological polar surface area (TPSA) is 98.0 Å². The van der Waals surface area contributed by atoms with Crippen molar-refractivity contribution in [2.75, 3.05) is 6.61 Å². The van der Waals surface area contributed by atoms with Gasteiger partial charge in [-0.15, -0.1) is 0 Å². The SMILES string of the molecule is O=C(O)C=CC(O)C(O)CCCCCCCCCCCO. The third kappa shape index (κ3) is 13.8.